The Morgan fingerprint density at radius 2 is 1.87 bits per heavy atom. The Hall–Kier alpha value is -0.570. The smallest absolute Gasteiger partial charge is 0.0717 e. The van der Waals surface area contributed by atoms with Crippen LogP contribution in [-0.4, -0.2) is 12.6 Å². The average molecular weight is 228 g/mol. The van der Waals surface area contributed by atoms with Crippen molar-refractivity contribution in [1.29, 1.82) is 0 Å². The quantitative estimate of drug-likeness (QED) is 0.857. The minimum atomic E-state index is 0. The van der Waals surface area contributed by atoms with Crippen molar-refractivity contribution in [2.75, 3.05) is 6.61 Å². The van der Waals surface area contributed by atoms with E-state index in [2.05, 4.69) is 12.1 Å². The maximum absolute atomic E-state index is 5.70. The third-order valence-corrected chi connectivity index (χ3v) is 2.74. The average Bonchev–Trinajstić information content (AvgIpc) is 2.17. The fourth-order valence-corrected chi connectivity index (χ4v) is 1.84. The monoisotopic (exact) mass is 227 g/mol. The maximum atomic E-state index is 5.70. The maximum Gasteiger partial charge on any atom is 0.0717 e. The van der Waals surface area contributed by atoms with E-state index in [1.54, 1.807) is 0 Å². The zero-order valence-electron chi connectivity index (χ0n) is 8.76. The van der Waals surface area contributed by atoms with Crippen molar-refractivity contribution in [3.05, 3.63) is 35.9 Å². The van der Waals surface area contributed by atoms with Crippen molar-refractivity contribution in [2.24, 2.45) is 11.7 Å². The predicted molar refractivity (Wildman–Crippen MR) is 64.0 cm³/mol. The van der Waals surface area contributed by atoms with Gasteiger partial charge in [0.2, 0.25) is 0 Å². The molecule has 0 amide bonds. The van der Waals surface area contributed by atoms with Crippen molar-refractivity contribution in [3.63, 3.8) is 0 Å². The molecule has 1 fully saturated rings. The van der Waals surface area contributed by atoms with Gasteiger partial charge in [-0.15, -0.1) is 12.4 Å². The Bertz CT molecular complexity index is 272. The van der Waals surface area contributed by atoms with E-state index >= 15 is 0 Å². The first-order chi connectivity index (χ1) is 6.84. The molecule has 1 aliphatic rings. The van der Waals surface area contributed by atoms with Gasteiger partial charge in [0.1, 0.15) is 0 Å². The fourth-order valence-electron chi connectivity index (χ4n) is 1.84. The molecule has 0 radical (unpaired) electrons. The van der Waals surface area contributed by atoms with E-state index in [0.717, 1.165) is 26.1 Å². The molecule has 2 rings (SSSR count). The number of hydrogen-bond acceptors (Lipinski definition) is 2. The number of rotatable bonds is 4. The van der Waals surface area contributed by atoms with Gasteiger partial charge in [-0.1, -0.05) is 30.3 Å². The highest BCUT2D eigenvalue weighted by Crippen LogP contribution is 2.25. The Kier molecular flexibility index (Phi) is 5.09. The third-order valence-electron chi connectivity index (χ3n) is 2.74. The topological polar surface area (TPSA) is 35.2 Å². The lowest BCUT2D eigenvalue weighted by Gasteiger charge is -2.31. The molecule has 1 aromatic rings. The first-order valence-corrected chi connectivity index (χ1v) is 5.22. The van der Waals surface area contributed by atoms with Gasteiger partial charge in [-0.05, 0) is 24.3 Å². The van der Waals surface area contributed by atoms with Crippen LogP contribution >= 0.6 is 12.4 Å². The van der Waals surface area contributed by atoms with E-state index in [4.69, 9.17) is 10.5 Å². The summed E-state index contributed by atoms with van der Waals surface area (Å²) in [5, 5.41) is 0. The van der Waals surface area contributed by atoms with Crippen molar-refractivity contribution >= 4 is 12.4 Å². The molecule has 0 bridgehead atoms. The summed E-state index contributed by atoms with van der Waals surface area (Å²) in [5.74, 6) is 0.703. The lowest BCUT2D eigenvalue weighted by molar-refractivity contribution is 0.0519. The minimum absolute atomic E-state index is 0. The first kappa shape index (κ1) is 12.5. The molecule has 15 heavy (non-hydrogen) atoms. The molecule has 0 spiro atoms. The molecule has 0 atom stereocenters. The molecule has 0 heterocycles. The largest absolute Gasteiger partial charge is 0.376 e. The van der Waals surface area contributed by atoms with Gasteiger partial charge in [0.25, 0.3) is 0 Å². The summed E-state index contributed by atoms with van der Waals surface area (Å²) in [6.07, 6.45) is 2.27. The van der Waals surface area contributed by atoms with E-state index in [-0.39, 0.29) is 12.4 Å². The summed E-state index contributed by atoms with van der Waals surface area (Å²) in [7, 11) is 0. The van der Waals surface area contributed by atoms with Crippen LogP contribution in [0.1, 0.15) is 18.4 Å². The molecule has 0 saturated heterocycles. The van der Waals surface area contributed by atoms with E-state index in [1.165, 1.54) is 5.56 Å². The van der Waals surface area contributed by atoms with Crippen LogP contribution in [0.25, 0.3) is 0 Å². The number of ether oxygens (including phenoxy) is 1. The molecule has 1 saturated carbocycles. The van der Waals surface area contributed by atoms with Gasteiger partial charge in [-0.25, -0.2) is 0 Å². The van der Waals surface area contributed by atoms with Crippen LogP contribution in [0.3, 0.4) is 0 Å². The fraction of sp³-hybridized carbons (Fsp3) is 0.500. The van der Waals surface area contributed by atoms with Gasteiger partial charge >= 0.3 is 0 Å². The summed E-state index contributed by atoms with van der Waals surface area (Å²) in [4.78, 5) is 0. The summed E-state index contributed by atoms with van der Waals surface area (Å²) in [6, 6.07) is 10.7. The lowest BCUT2D eigenvalue weighted by Crippen LogP contribution is -2.38. The summed E-state index contributed by atoms with van der Waals surface area (Å²) in [5.41, 5.74) is 6.94. The molecule has 1 aliphatic carbocycles. The Morgan fingerprint density at radius 3 is 2.47 bits per heavy atom. The second kappa shape index (κ2) is 6.11. The molecule has 2 nitrogen and oxygen atoms in total. The molecule has 1 aromatic carbocycles. The zero-order valence-corrected chi connectivity index (χ0v) is 9.58. The van der Waals surface area contributed by atoms with Gasteiger partial charge in [0.15, 0.2) is 0 Å². The van der Waals surface area contributed by atoms with Crippen LogP contribution in [-0.2, 0) is 11.3 Å². The van der Waals surface area contributed by atoms with Crippen molar-refractivity contribution < 1.29 is 4.74 Å². The van der Waals surface area contributed by atoms with Crippen LogP contribution in [0.5, 0.6) is 0 Å². The molecule has 84 valence electrons. The molecule has 3 heteroatoms. The Morgan fingerprint density at radius 1 is 1.20 bits per heavy atom. The number of nitrogens with two attached hydrogens (primary N) is 1. The minimum Gasteiger partial charge on any atom is -0.376 e. The van der Waals surface area contributed by atoms with Crippen LogP contribution in [0.15, 0.2) is 30.3 Å². The van der Waals surface area contributed by atoms with Crippen molar-refractivity contribution in [2.45, 2.75) is 25.5 Å². The molecule has 0 aliphatic heterocycles. The number of hydrogen-bond donors (Lipinski definition) is 1. The number of benzene rings is 1. The third kappa shape index (κ3) is 3.82. The van der Waals surface area contributed by atoms with Gasteiger partial charge in [0.05, 0.1) is 6.61 Å². The molecule has 0 unspecified atom stereocenters. The molecular formula is C12H18ClNO. The van der Waals surface area contributed by atoms with Gasteiger partial charge in [-0.3, -0.25) is 0 Å². The van der Waals surface area contributed by atoms with E-state index in [1.807, 2.05) is 18.2 Å². The highest BCUT2D eigenvalue weighted by Gasteiger charge is 2.25. The lowest BCUT2D eigenvalue weighted by atomic mass is 9.82. The standard InChI is InChI=1S/C12H17NO.ClH/c13-12-6-11(7-12)9-14-8-10-4-2-1-3-5-10;/h1-5,11-12H,6-9,13H2;1H. The van der Waals surface area contributed by atoms with Crippen molar-refractivity contribution in [3.8, 4) is 0 Å². The Labute approximate surface area is 97.2 Å². The van der Waals surface area contributed by atoms with E-state index < -0.39 is 0 Å². The first-order valence-electron chi connectivity index (χ1n) is 5.22. The number of halogens is 1. The van der Waals surface area contributed by atoms with Crippen LogP contribution < -0.4 is 5.73 Å². The zero-order chi connectivity index (χ0) is 9.80. The Balaban J connectivity index is 0.00000112. The van der Waals surface area contributed by atoms with Crippen molar-refractivity contribution in [1.82, 2.24) is 0 Å². The van der Waals surface area contributed by atoms with Crippen LogP contribution in [0, 0.1) is 5.92 Å². The highest BCUT2D eigenvalue weighted by molar-refractivity contribution is 5.85. The SMILES string of the molecule is Cl.NC1CC(COCc2ccccc2)C1. The normalized spacial score (nSPS) is 24.1. The molecule has 2 N–H and O–H groups in total. The summed E-state index contributed by atoms with van der Waals surface area (Å²) >= 11 is 0. The van der Waals surface area contributed by atoms with Gasteiger partial charge < -0.3 is 10.5 Å². The van der Waals surface area contributed by atoms with E-state index in [0.29, 0.717) is 12.0 Å². The van der Waals surface area contributed by atoms with Crippen LogP contribution in [0.4, 0.5) is 0 Å². The molecular weight excluding hydrogens is 210 g/mol. The summed E-state index contributed by atoms with van der Waals surface area (Å²) < 4.78 is 5.62. The second-order valence-electron chi connectivity index (χ2n) is 4.10. The second-order valence-corrected chi connectivity index (χ2v) is 4.10. The predicted octanol–water partition coefficient (Wildman–Crippen LogP) is 2.36. The van der Waals surface area contributed by atoms with Gasteiger partial charge in [-0.2, -0.15) is 0 Å². The summed E-state index contributed by atoms with van der Waals surface area (Å²) in [6.45, 7) is 1.59. The molecule has 0 aromatic heterocycles. The van der Waals surface area contributed by atoms with Crippen LogP contribution in [0.2, 0.25) is 0 Å². The van der Waals surface area contributed by atoms with E-state index in [9.17, 15) is 0 Å². The van der Waals surface area contributed by atoms with Gasteiger partial charge in [0, 0.05) is 12.6 Å². The highest BCUT2D eigenvalue weighted by atomic mass is 35.5.